The Labute approximate surface area is 254 Å². The molecule has 9 nitrogen and oxygen atoms in total. The Kier molecular flexibility index (Phi) is 13.9. The summed E-state index contributed by atoms with van der Waals surface area (Å²) in [4.78, 5) is 30.0. The van der Waals surface area contributed by atoms with Crippen molar-refractivity contribution in [1.29, 1.82) is 0 Å². The third kappa shape index (κ3) is 10.9. The summed E-state index contributed by atoms with van der Waals surface area (Å²) in [7, 11) is 3.54. The van der Waals surface area contributed by atoms with Gasteiger partial charge in [-0.2, -0.15) is 0 Å². The standard InChI is InChI=1S/C30H44Cl2N4O5/c1-30(10-5-4-6-11-30)27(35(2)28(37)20-23-7-8-25(31)26(32)19-23)22-36-14-9-24(21-36)34-29(38)41-18-17-40-16-13-33-12-15-39-3/h4-8,10,19,24,27,33H,9,11-18,20-22H2,1-3H3,(H,34,38). The number of benzene rings is 1. The van der Waals surface area contributed by atoms with Gasteiger partial charge in [0.2, 0.25) is 5.91 Å². The van der Waals surface area contributed by atoms with Gasteiger partial charge < -0.3 is 29.7 Å². The van der Waals surface area contributed by atoms with Gasteiger partial charge in [0.25, 0.3) is 0 Å². The number of hydrogen-bond donors (Lipinski definition) is 2. The Balaban J connectivity index is 1.48. The first-order chi connectivity index (χ1) is 19.7. The minimum atomic E-state index is -0.434. The van der Waals surface area contributed by atoms with E-state index in [4.69, 9.17) is 37.4 Å². The lowest BCUT2D eigenvalue weighted by atomic mass is 9.76. The first-order valence-electron chi connectivity index (χ1n) is 14.2. The molecule has 41 heavy (non-hydrogen) atoms. The molecule has 2 aliphatic rings. The van der Waals surface area contributed by atoms with Crippen molar-refractivity contribution in [2.45, 2.75) is 38.3 Å². The fourth-order valence-electron chi connectivity index (χ4n) is 5.20. The number of rotatable bonds is 16. The number of likely N-dealkylation sites (tertiary alicyclic amines) is 1. The van der Waals surface area contributed by atoms with E-state index < -0.39 is 6.09 Å². The molecule has 2 N–H and O–H groups in total. The minimum absolute atomic E-state index is 0.0131. The predicted octanol–water partition coefficient (Wildman–Crippen LogP) is 3.94. The first kappa shape index (κ1) is 33.4. The van der Waals surface area contributed by atoms with E-state index in [9.17, 15) is 9.59 Å². The molecule has 0 aromatic heterocycles. The molecule has 11 heteroatoms. The van der Waals surface area contributed by atoms with Crippen LogP contribution in [0.5, 0.6) is 0 Å². The number of carbonyl (C=O) groups is 2. The largest absolute Gasteiger partial charge is 0.447 e. The summed E-state index contributed by atoms with van der Waals surface area (Å²) in [6.45, 7) is 7.65. The third-order valence-corrected chi connectivity index (χ3v) is 8.37. The Bertz CT molecular complexity index is 1060. The van der Waals surface area contributed by atoms with Crippen LogP contribution in [-0.4, -0.2) is 107 Å². The van der Waals surface area contributed by atoms with Crippen LogP contribution in [0.2, 0.25) is 10.0 Å². The Morgan fingerprint density at radius 2 is 1.95 bits per heavy atom. The smallest absolute Gasteiger partial charge is 0.407 e. The molecular weight excluding hydrogens is 567 g/mol. The van der Waals surface area contributed by atoms with Crippen molar-refractivity contribution >= 4 is 35.2 Å². The summed E-state index contributed by atoms with van der Waals surface area (Å²) in [5.41, 5.74) is 0.605. The van der Waals surface area contributed by atoms with Crippen molar-refractivity contribution in [2.24, 2.45) is 5.41 Å². The molecule has 2 amide bonds. The summed E-state index contributed by atoms with van der Waals surface area (Å²) in [6, 6.07) is 5.23. The van der Waals surface area contributed by atoms with E-state index >= 15 is 0 Å². The van der Waals surface area contributed by atoms with Crippen LogP contribution in [-0.2, 0) is 25.4 Å². The predicted molar refractivity (Wildman–Crippen MR) is 163 cm³/mol. The number of carbonyl (C=O) groups excluding carboxylic acids is 2. The number of methoxy groups -OCH3 is 1. The van der Waals surface area contributed by atoms with Gasteiger partial charge in [-0.1, -0.05) is 60.5 Å². The molecular formula is C30H44Cl2N4O5. The molecule has 228 valence electrons. The summed E-state index contributed by atoms with van der Waals surface area (Å²) >= 11 is 12.2. The SMILES string of the molecule is COCCNCCOCCOC(=O)NC1CCN(CC(N(C)C(=O)Cc2ccc(Cl)c(Cl)c2)C2(C)C=CC=CC2)C1. The van der Waals surface area contributed by atoms with E-state index in [1.54, 1.807) is 19.2 Å². The molecule has 0 bridgehead atoms. The van der Waals surface area contributed by atoms with Crippen LogP contribution in [0.1, 0.15) is 25.3 Å². The number of nitrogens with one attached hydrogen (secondary N) is 2. The Morgan fingerprint density at radius 3 is 2.68 bits per heavy atom. The van der Waals surface area contributed by atoms with Crippen LogP contribution in [0.15, 0.2) is 42.5 Å². The van der Waals surface area contributed by atoms with Crippen molar-refractivity contribution in [3.8, 4) is 0 Å². The minimum Gasteiger partial charge on any atom is -0.447 e. The molecule has 3 unspecified atom stereocenters. The van der Waals surface area contributed by atoms with Crippen molar-refractivity contribution in [2.75, 3.05) is 73.3 Å². The Hall–Kier alpha value is -2.14. The molecule has 1 saturated heterocycles. The van der Waals surface area contributed by atoms with Gasteiger partial charge in [-0.15, -0.1) is 0 Å². The first-order valence-corrected chi connectivity index (χ1v) is 14.9. The van der Waals surface area contributed by atoms with Gasteiger partial charge in [-0.05, 0) is 30.5 Å². The van der Waals surface area contributed by atoms with Crippen molar-refractivity contribution < 1.29 is 23.8 Å². The number of hydrogen-bond acceptors (Lipinski definition) is 7. The number of ether oxygens (including phenoxy) is 3. The van der Waals surface area contributed by atoms with E-state index in [0.29, 0.717) is 43.0 Å². The summed E-state index contributed by atoms with van der Waals surface area (Å²) in [5, 5.41) is 7.08. The molecule has 0 saturated carbocycles. The van der Waals surface area contributed by atoms with Crippen LogP contribution in [0.4, 0.5) is 4.79 Å². The maximum atomic E-state index is 13.4. The summed E-state index contributed by atoms with van der Waals surface area (Å²) in [6.07, 6.45) is 9.91. The van der Waals surface area contributed by atoms with E-state index in [1.165, 1.54) is 0 Å². The number of amides is 2. The monoisotopic (exact) mass is 610 g/mol. The Morgan fingerprint density at radius 1 is 1.15 bits per heavy atom. The van der Waals surface area contributed by atoms with Gasteiger partial charge in [0.1, 0.15) is 6.61 Å². The number of halogens is 2. The molecule has 0 spiro atoms. The molecule has 1 aromatic rings. The molecule has 3 rings (SSSR count). The zero-order valence-corrected chi connectivity index (χ0v) is 25.9. The van der Waals surface area contributed by atoms with Gasteiger partial charge in [-0.25, -0.2) is 4.79 Å². The molecule has 1 aromatic carbocycles. The topological polar surface area (TPSA) is 92.4 Å². The van der Waals surface area contributed by atoms with E-state index in [-0.39, 0.29) is 36.4 Å². The van der Waals surface area contributed by atoms with Gasteiger partial charge in [0.15, 0.2) is 0 Å². The summed E-state index contributed by atoms with van der Waals surface area (Å²) < 4.78 is 15.8. The number of nitrogens with zero attached hydrogens (tertiary/aromatic N) is 2. The fourth-order valence-corrected chi connectivity index (χ4v) is 5.52. The zero-order chi connectivity index (χ0) is 29.7. The molecule has 1 fully saturated rings. The lowest BCUT2D eigenvalue weighted by Gasteiger charge is -2.43. The summed E-state index contributed by atoms with van der Waals surface area (Å²) in [5.74, 6) is 0.0167. The third-order valence-electron chi connectivity index (χ3n) is 7.64. The molecule has 1 aliphatic carbocycles. The van der Waals surface area contributed by atoms with Crippen molar-refractivity contribution in [1.82, 2.24) is 20.4 Å². The van der Waals surface area contributed by atoms with E-state index in [2.05, 4.69) is 40.7 Å². The lowest BCUT2D eigenvalue weighted by Crippen LogP contribution is -2.53. The van der Waals surface area contributed by atoms with Crippen molar-refractivity contribution in [3.63, 3.8) is 0 Å². The van der Waals surface area contributed by atoms with E-state index in [1.807, 2.05) is 24.1 Å². The molecule has 0 radical (unpaired) electrons. The normalized spacial score (nSPS) is 21.1. The second kappa shape index (κ2) is 17.1. The maximum Gasteiger partial charge on any atom is 0.407 e. The van der Waals surface area contributed by atoms with Gasteiger partial charge in [0, 0.05) is 58.3 Å². The fraction of sp³-hybridized carbons (Fsp3) is 0.600. The van der Waals surface area contributed by atoms with Crippen LogP contribution in [0, 0.1) is 5.41 Å². The second-order valence-corrected chi connectivity index (χ2v) is 11.6. The van der Waals surface area contributed by atoms with Crippen molar-refractivity contribution in [3.05, 3.63) is 58.1 Å². The highest BCUT2D eigenvalue weighted by atomic mass is 35.5. The van der Waals surface area contributed by atoms with Crippen LogP contribution >= 0.6 is 23.2 Å². The van der Waals surface area contributed by atoms with Gasteiger partial charge in [-0.3, -0.25) is 9.69 Å². The molecule has 1 heterocycles. The highest BCUT2D eigenvalue weighted by Crippen LogP contribution is 2.35. The van der Waals surface area contributed by atoms with E-state index in [0.717, 1.165) is 38.0 Å². The average molecular weight is 612 g/mol. The van der Waals surface area contributed by atoms with Gasteiger partial charge in [0.05, 0.1) is 42.3 Å². The van der Waals surface area contributed by atoms with Crippen LogP contribution in [0.25, 0.3) is 0 Å². The second-order valence-electron chi connectivity index (χ2n) is 10.8. The highest BCUT2D eigenvalue weighted by molar-refractivity contribution is 6.42. The number of likely N-dealkylation sites (N-methyl/N-ethyl adjacent to an activating group) is 1. The quantitative estimate of drug-likeness (QED) is 0.274. The van der Waals surface area contributed by atoms with Crippen LogP contribution < -0.4 is 10.6 Å². The van der Waals surface area contributed by atoms with Crippen LogP contribution in [0.3, 0.4) is 0 Å². The zero-order valence-electron chi connectivity index (χ0n) is 24.4. The number of allylic oxidation sites excluding steroid dienone is 3. The molecule has 1 aliphatic heterocycles. The average Bonchev–Trinajstić information content (AvgIpc) is 3.39. The number of alkyl carbamates (subject to hydrolysis) is 1. The lowest BCUT2D eigenvalue weighted by molar-refractivity contribution is -0.133. The van der Waals surface area contributed by atoms with Gasteiger partial charge >= 0.3 is 6.09 Å². The molecule has 3 atom stereocenters. The maximum absolute atomic E-state index is 13.4. The highest BCUT2D eigenvalue weighted by Gasteiger charge is 2.39.